The van der Waals surface area contributed by atoms with Crippen LogP contribution in [0, 0.1) is 5.82 Å². The molecule has 0 bridgehead atoms. The van der Waals surface area contributed by atoms with Crippen molar-refractivity contribution in [1.29, 1.82) is 0 Å². The zero-order valence-electron chi connectivity index (χ0n) is 19.2. The van der Waals surface area contributed by atoms with Gasteiger partial charge in [-0.05, 0) is 54.0 Å². The number of unbranched alkanes of at least 4 members (excludes halogenated alkanes) is 3. The largest absolute Gasteiger partial charge is 0.493 e. The first-order valence-corrected chi connectivity index (χ1v) is 12.0. The highest BCUT2D eigenvalue weighted by Crippen LogP contribution is 2.28. The number of hydrogen-bond donors (Lipinski definition) is 0. The van der Waals surface area contributed by atoms with Gasteiger partial charge in [0.15, 0.2) is 17.3 Å². The summed E-state index contributed by atoms with van der Waals surface area (Å²) in [6.07, 6.45) is 9.81. The van der Waals surface area contributed by atoms with Gasteiger partial charge in [0.25, 0.3) is 5.56 Å². The van der Waals surface area contributed by atoms with E-state index in [2.05, 4.69) is 17.0 Å². The van der Waals surface area contributed by atoms with Crippen LogP contribution in [0.15, 0.2) is 47.3 Å². The molecular formula is C26H26FN3O3S. The molecule has 2 aromatic carbocycles. The van der Waals surface area contributed by atoms with Crippen molar-refractivity contribution in [3.05, 3.63) is 80.1 Å². The fourth-order valence-electron chi connectivity index (χ4n) is 3.42. The molecular weight excluding hydrogens is 453 g/mol. The predicted octanol–water partition coefficient (Wildman–Crippen LogP) is 4.98. The van der Waals surface area contributed by atoms with Crippen LogP contribution in [0.25, 0.3) is 23.2 Å². The molecule has 0 N–H and O–H groups in total. The minimum absolute atomic E-state index is 0.232. The molecule has 6 nitrogen and oxygen atoms in total. The normalized spacial score (nSPS) is 12.1. The maximum absolute atomic E-state index is 13.0. The van der Waals surface area contributed by atoms with Crippen molar-refractivity contribution in [2.24, 2.45) is 0 Å². The van der Waals surface area contributed by atoms with Gasteiger partial charge in [0.2, 0.25) is 4.96 Å². The summed E-state index contributed by atoms with van der Waals surface area (Å²) >= 11 is 1.27. The van der Waals surface area contributed by atoms with E-state index < -0.39 is 0 Å². The van der Waals surface area contributed by atoms with E-state index in [-0.39, 0.29) is 11.4 Å². The Kier molecular flexibility index (Phi) is 7.69. The fraction of sp³-hybridized carbons (Fsp3) is 0.269. The molecule has 0 unspecified atom stereocenters. The minimum atomic E-state index is -0.292. The monoisotopic (exact) mass is 479 g/mol. The molecule has 8 heteroatoms. The third kappa shape index (κ3) is 5.69. The van der Waals surface area contributed by atoms with Crippen LogP contribution in [-0.4, -0.2) is 28.3 Å². The third-order valence-electron chi connectivity index (χ3n) is 5.23. The first-order valence-electron chi connectivity index (χ1n) is 11.2. The van der Waals surface area contributed by atoms with Crippen molar-refractivity contribution in [2.75, 3.05) is 13.7 Å². The van der Waals surface area contributed by atoms with Crippen molar-refractivity contribution in [3.8, 4) is 11.5 Å². The van der Waals surface area contributed by atoms with E-state index in [9.17, 15) is 9.18 Å². The second-order valence-corrected chi connectivity index (χ2v) is 8.79. The number of hydrogen-bond acceptors (Lipinski definition) is 6. The van der Waals surface area contributed by atoms with Crippen molar-refractivity contribution in [3.63, 3.8) is 0 Å². The lowest BCUT2D eigenvalue weighted by Gasteiger charge is -2.11. The molecule has 0 aliphatic carbocycles. The number of rotatable bonds is 10. The van der Waals surface area contributed by atoms with Gasteiger partial charge in [0.05, 0.1) is 18.2 Å². The van der Waals surface area contributed by atoms with Crippen LogP contribution in [-0.2, 0) is 0 Å². The van der Waals surface area contributed by atoms with E-state index in [0.29, 0.717) is 33.4 Å². The van der Waals surface area contributed by atoms with E-state index in [4.69, 9.17) is 9.47 Å². The fourth-order valence-corrected chi connectivity index (χ4v) is 4.33. The van der Waals surface area contributed by atoms with E-state index in [1.807, 2.05) is 18.2 Å². The Morgan fingerprint density at radius 3 is 2.56 bits per heavy atom. The second-order valence-electron chi connectivity index (χ2n) is 7.78. The highest BCUT2D eigenvalue weighted by Gasteiger charge is 2.10. The molecule has 0 spiro atoms. The lowest BCUT2D eigenvalue weighted by atomic mass is 10.2. The topological polar surface area (TPSA) is 65.7 Å². The van der Waals surface area contributed by atoms with Crippen LogP contribution < -0.4 is 19.6 Å². The van der Waals surface area contributed by atoms with Gasteiger partial charge in [-0.15, -0.1) is 5.10 Å². The van der Waals surface area contributed by atoms with Crippen LogP contribution in [0.5, 0.6) is 11.5 Å². The Labute approximate surface area is 201 Å². The first-order chi connectivity index (χ1) is 16.6. The number of benzene rings is 2. The zero-order chi connectivity index (χ0) is 23.9. The second kappa shape index (κ2) is 11.1. The minimum Gasteiger partial charge on any atom is -0.493 e. The third-order valence-corrected chi connectivity index (χ3v) is 6.19. The Balaban J connectivity index is 1.51. The number of aromatic nitrogens is 3. The number of ether oxygens (including phenoxy) is 2. The summed E-state index contributed by atoms with van der Waals surface area (Å²) in [6.45, 7) is 2.83. The maximum Gasteiger partial charge on any atom is 0.291 e. The Bertz CT molecular complexity index is 1390. The molecule has 0 aliphatic rings. The van der Waals surface area contributed by atoms with Gasteiger partial charge < -0.3 is 9.47 Å². The number of fused-ring (bicyclic) bond motifs is 1. The van der Waals surface area contributed by atoms with Gasteiger partial charge in [0.1, 0.15) is 5.82 Å². The van der Waals surface area contributed by atoms with E-state index in [0.717, 1.165) is 24.0 Å². The van der Waals surface area contributed by atoms with Crippen LogP contribution in [0.4, 0.5) is 4.39 Å². The Hall–Kier alpha value is -3.52. The number of nitrogens with zero attached hydrogens (tertiary/aromatic N) is 3. The number of thiazole rings is 1. The molecule has 0 saturated heterocycles. The summed E-state index contributed by atoms with van der Waals surface area (Å²) in [5.41, 5.74) is 1.41. The van der Waals surface area contributed by atoms with E-state index >= 15 is 0 Å². The molecule has 2 heterocycles. The van der Waals surface area contributed by atoms with Crippen LogP contribution in [0.3, 0.4) is 0 Å². The van der Waals surface area contributed by atoms with Gasteiger partial charge in [-0.1, -0.05) is 61.8 Å². The van der Waals surface area contributed by atoms with Crippen molar-refractivity contribution < 1.29 is 13.9 Å². The summed E-state index contributed by atoms with van der Waals surface area (Å²) in [7, 11) is 1.60. The highest BCUT2D eigenvalue weighted by molar-refractivity contribution is 7.15. The smallest absolute Gasteiger partial charge is 0.291 e. The van der Waals surface area contributed by atoms with Crippen molar-refractivity contribution >= 4 is 34.5 Å². The summed E-state index contributed by atoms with van der Waals surface area (Å²) in [5.74, 6) is 1.45. The quantitative estimate of drug-likeness (QED) is 0.300. The summed E-state index contributed by atoms with van der Waals surface area (Å²) in [5, 5.41) is 4.29. The molecule has 0 fully saturated rings. The van der Waals surface area contributed by atoms with Crippen LogP contribution >= 0.6 is 11.3 Å². The lowest BCUT2D eigenvalue weighted by Crippen LogP contribution is -2.23. The number of methoxy groups -OCH3 is 1. The highest BCUT2D eigenvalue weighted by atomic mass is 32.1. The molecule has 0 saturated carbocycles. The predicted molar refractivity (Wildman–Crippen MR) is 134 cm³/mol. The van der Waals surface area contributed by atoms with Gasteiger partial charge >= 0.3 is 0 Å². The molecule has 0 amide bonds. The number of halogens is 1. The van der Waals surface area contributed by atoms with E-state index in [1.54, 1.807) is 37.5 Å². The van der Waals surface area contributed by atoms with Gasteiger partial charge in [-0.3, -0.25) is 4.79 Å². The van der Waals surface area contributed by atoms with Gasteiger partial charge in [0, 0.05) is 0 Å². The molecule has 0 aliphatic heterocycles. The summed E-state index contributed by atoms with van der Waals surface area (Å²) in [4.78, 5) is 17.7. The molecule has 0 atom stereocenters. The summed E-state index contributed by atoms with van der Waals surface area (Å²) < 4.78 is 26.2. The molecule has 4 rings (SSSR count). The Morgan fingerprint density at radius 1 is 1.03 bits per heavy atom. The molecule has 4 aromatic rings. The van der Waals surface area contributed by atoms with Gasteiger partial charge in [-0.2, -0.15) is 9.50 Å². The van der Waals surface area contributed by atoms with Crippen LogP contribution in [0.2, 0.25) is 0 Å². The average Bonchev–Trinajstić information content (AvgIpc) is 3.37. The van der Waals surface area contributed by atoms with E-state index in [1.165, 1.54) is 40.8 Å². The zero-order valence-corrected chi connectivity index (χ0v) is 20.0. The average molecular weight is 480 g/mol. The SMILES string of the molecule is CCCCCCOc1ccc(/C=c2/sc3nc(/C=C/c4ccc(F)cc4)nn3c2=O)cc1OC. The standard InChI is InChI=1S/C26H26FN3O3S/c1-3-4-5-6-15-33-21-13-9-19(16-22(21)32-2)17-23-25(31)30-26(34-23)28-24(29-30)14-10-18-7-11-20(27)12-8-18/h7-14,16-17H,3-6,15H2,1-2H3/b14-10+,23-17+. The maximum atomic E-state index is 13.0. The van der Waals surface area contributed by atoms with Crippen molar-refractivity contribution in [1.82, 2.24) is 14.6 Å². The molecule has 2 aromatic heterocycles. The summed E-state index contributed by atoms with van der Waals surface area (Å²) in [6, 6.07) is 11.7. The molecule has 176 valence electrons. The first kappa shape index (κ1) is 23.6. The van der Waals surface area contributed by atoms with Crippen LogP contribution in [0.1, 0.15) is 49.6 Å². The Morgan fingerprint density at radius 2 is 1.82 bits per heavy atom. The van der Waals surface area contributed by atoms with Crippen molar-refractivity contribution in [2.45, 2.75) is 32.6 Å². The lowest BCUT2D eigenvalue weighted by molar-refractivity contribution is 0.285. The van der Waals surface area contributed by atoms with Gasteiger partial charge in [-0.25, -0.2) is 4.39 Å². The molecule has 0 radical (unpaired) electrons. The molecule has 34 heavy (non-hydrogen) atoms.